The number of ether oxygens (including phenoxy) is 3. The van der Waals surface area contributed by atoms with E-state index in [1.165, 1.54) is 6.20 Å². The number of hydrogen-bond acceptors (Lipinski definition) is 9. The Bertz CT molecular complexity index is 1690. The first-order valence-corrected chi connectivity index (χ1v) is 15.8. The minimum atomic E-state index is -0.721. The average molecular weight is 625 g/mol. The van der Waals surface area contributed by atoms with Crippen LogP contribution in [0.3, 0.4) is 0 Å². The van der Waals surface area contributed by atoms with E-state index in [1.807, 2.05) is 87.5 Å². The monoisotopic (exact) mass is 624 g/mol. The smallest absolute Gasteiger partial charge is 0.323 e. The highest BCUT2D eigenvalue weighted by molar-refractivity contribution is 6.03. The summed E-state index contributed by atoms with van der Waals surface area (Å²) in [7, 11) is 0. The molecule has 4 atom stereocenters. The van der Waals surface area contributed by atoms with Gasteiger partial charge in [0.05, 0.1) is 36.0 Å². The summed E-state index contributed by atoms with van der Waals surface area (Å²) >= 11 is 0. The Labute approximate surface area is 268 Å². The molecule has 2 fully saturated rings. The third-order valence-corrected chi connectivity index (χ3v) is 8.19. The number of rotatable bonds is 8. The number of para-hydroxylation sites is 2. The van der Waals surface area contributed by atoms with Gasteiger partial charge in [-0.15, -0.1) is 0 Å². The number of aliphatic hydroxyl groups is 1. The molecule has 2 aliphatic rings. The molecule has 10 nitrogen and oxygen atoms in total. The molecule has 10 heteroatoms. The van der Waals surface area contributed by atoms with Crippen LogP contribution in [0.4, 0.5) is 5.69 Å². The van der Waals surface area contributed by atoms with E-state index >= 15 is 0 Å². The molecule has 6 rings (SSSR count). The Morgan fingerprint density at radius 3 is 2.54 bits per heavy atom. The number of aliphatic hydroxyl groups excluding tert-OH is 1. The van der Waals surface area contributed by atoms with E-state index in [4.69, 9.17) is 14.2 Å². The van der Waals surface area contributed by atoms with Crippen molar-refractivity contribution in [2.45, 2.75) is 76.8 Å². The van der Waals surface area contributed by atoms with Gasteiger partial charge in [0.25, 0.3) is 5.91 Å². The Morgan fingerprint density at radius 2 is 1.78 bits per heavy atom. The largest absolute Gasteiger partial charge is 0.459 e. The molecule has 0 unspecified atom stereocenters. The van der Waals surface area contributed by atoms with Crippen molar-refractivity contribution in [2.75, 3.05) is 18.4 Å². The quantitative estimate of drug-likeness (QED) is 0.237. The number of aromatic nitrogens is 2. The summed E-state index contributed by atoms with van der Waals surface area (Å²) in [6.45, 7) is 6.94. The Morgan fingerprint density at radius 1 is 1.00 bits per heavy atom. The molecule has 2 saturated heterocycles. The van der Waals surface area contributed by atoms with Crippen molar-refractivity contribution in [3.05, 3.63) is 101 Å². The number of hydrogen-bond donors (Lipinski definition) is 2. The minimum absolute atomic E-state index is 0.0372. The Kier molecular flexibility index (Phi) is 9.42. The molecule has 2 N–H and O–H groups in total. The summed E-state index contributed by atoms with van der Waals surface area (Å²) in [6, 6.07) is 22.2. The summed E-state index contributed by atoms with van der Waals surface area (Å²) < 4.78 is 18.8. The van der Waals surface area contributed by atoms with E-state index in [2.05, 4.69) is 20.2 Å². The van der Waals surface area contributed by atoms with Gasteiger partial charge in [-0.2, -0.15) is 0 Å². The van der Waals surface area contributed by atoms with E-state index < -0.39 is 11.9 Å². The zero-order valence-electron chi connectivity index (χ0n) is 26.4. The molecule has 3 heterocycles. The number of carbonyl (C=O) groups excluding carboxylic acids is 2. The third-order valence-electron chi connectivity index (χ3n) is 8.19. The lowest BCUT2D eigenvalue weighted by molar-refractivity contribution is -0.253. The number of benzene rings is 3. The number of anilines is 1. The summed E-state index contributed by atoms with van der Waals surface area (Å²) in [5.41, 5.74) is 4.12. The Hall–Kier alpha value is -4.22. The highest BCUT2D eigenvalue weighted by atomic mass is 16.7. The number of nitrogens with zero attached hydrogens (tertiary/aromatic N) is 3. The van der Waals surface area contributed by atoms with Gasteiger partial charge in [-0.05, 0) is 75.5 Å². The third kappa shape index (κ3) is 7.59. The van der Waals surface area contributed by atoms with Crippen molar-refractivity contribution < 1.29 is 28.9 Å². The maximum Gasteiger partial charge on any atom is 0.323 e. The lowest BCUT2D eigenvalue weighted by atomic mass is 9.99. The molecule has 0 bridgehead atoms. The van der Waals surface area contributed by atoms with Crippen LogP contribution in [0.5, 0.6) is 0 Å². The molecule has 0 aliphatic carbocycles. The molecule has 46 heavy (non-hydrogen) atoms. The van der Waals surface area contributed by atoms with E-state index in [9.17, 15) is 14.7 Å². The van der Waals surface area contributed by atoms with Crippen LogP contribution in [0, 0.1) is 0 Å². The van der Waals surface area contributed by atoms with E-state index in [0.29, 0.717) is 29.7 Å². The molecule has 240 valence electrons. The second kappa shape index (κ2) is 13.6. The van der Waals surface area contributed by atoms with Crippen molar-refractivity contribution >= 4 is 28.6 Å². The maximum atomic E-state index is 13.1. The molecular formula is C36H40N4O6. The summed E-state index contributed by atoms with van der Waals surface area (Å²) in [5.74, 6) is -0.577. The molecule has 1 aromatic heterocycles. The van der Waals surface area contributed by atoms with Crippen molar-refractivity contribution in [1.82, 2.24) is 14.9 Å². The van der Waals surface area contributed by atoms with Gasteiger partial charge in [0.2, 0.25) is 0 Å². The first kappa shape index (κ1) is 31.7. The van der Waals surface area contributed by atoms with Gasteiger partial charge in [-0.1, -0.05) is 48.5 Å². The standard InChI is InChI=1S/C36H40N4O6/c1-36(2,3)46-34(43)31-12-7-17-40(31)21-27-19-32(24-15-13-23(22-41)14-16-24)45-35(44-27)25-8-6-9-26(18-25)38-33(42)30-20-37-28-10-4-5-11-29(28)39-30/h4-6,8-11,13-16,18,20,27,31-32,35,41H,7,12,17,19,21-22H2,1-3H3,(H,38,42)/t27-,31-,32+,35+/m0/s1. The molecule has 0 spiro atoms. The minimum Gasteiger partial charge on any atom is -0.459 e. The van der Waals surface area contributed by atoms with Gasteiger partial charge in [-0.3, -0.25) is 19.5 Å². The number of amides is 1. The topological polar surface area (TPSA) is 123 Å². The number of carbonyl (C=O) groups is 2. The summed E-state index contributed by atoms with van der Waals surface area (Å²) in [6.07, 6.45) is 2.46. The van der Waals surface area contributed by atoms with Crippen molar-refractivity contribution in [2.24, 2.45) is 0 Å². The SMILES string of the molecule is CC(C)(C)OC(=O)[C@@H]1CCCN1C[C@@H]1C[C@H](c2ccc(CO)cc2)O[C@H](c2cccc(NC(=O)c3cnc4ccccc4n3)c2)O1. The fraction of sp³-hybridized carbons (Fsp3) is 0.389. The van der Waals surface area contributed by atoms with Crippen LogP contribution in [0.1, 0.15) is 79.6 Å². The van der Waals surface area contributed by atoms with Gasteiger partial charge in [-0.25, -0.2) is 4.98 Å². The van der Waals surface area contributed by atoms with Gasteiger partial charge >= 0.3 is 5.97 Å². The summed E-state index contributed by atoms with van der Waals surface area (Å²) in [5, 5.41) is 12.5. The lowest BCUT2D eigenvalue weighted by Crippen LogP contribution is -2.45. The molecule has 2 aliphatic heterocycles. The lowest BCUT2D eigenvalue weighted by Gasteiger charge is -2.38. The van der Waals surface area contributed by atoms with Gasteiger partial charge in [0, 0.05) is 24.2 Å². The number of nitrogens with one attached hydrogen (secondary N) is 1. The van der Waals surface area contributed by atoms with Crippen LogP contribution >= 0.6 is 0 Å². The fourth-order valence-corrected chi connectivity index (χ4v) is 6.00. The van der Waals surface area contributed by atoms with E-state index in [0.717, 1.165) is 36.1 Å². The van der Waals surface area contributed by atoms with Crippen LogP contribution < -0.4 is 5.32 Å². The second-order valence-electron chi connectivity index (χ2n) is 12.9. The molecular weight excluding hydrogens is 584 g/mol. The van der Waals surface area contributed by atoms with Crippen LogP contribution in [-0.4, -0.2) is 62.7 Å². The van der Waals surface area contributed by atoms with Crippen molar-refractivity contribution in [1.29, 1.82) is 0 Å². The maximum absolute atomic E-state index is 13.1. The van der Waals surface area contributed by atoms with Crippen LogP contribution in [0.2, 0.25) is 0 Å². The molecule has 0 saturated carbocycles. The van der Waals surface area contributed by atoms with Gasteiger partial charge < -0.3 is 24.6 Å². The van der Waals surface area contributed by atoms with Crippen LogP contribution in [0.15, 0.2) is 79.0 Å². The zero-order valence-corrected chi connectivity index (χ0v) is 26.4. The van der Waals surface area contributed by atoms with E-state index in [-0.39, 0.29) is 42.4 Å². The summed E-state index contributed by atoms with van der Waals surface area (Å²) in [4.78, 5) is 37.1. The van der Waals surface area contributed by atoms with Gasteiger partial charge in [0.15, 0.2) is 6.29 Å². The van der Waals surface area contributed by atoms with Crippen molar-refractivity contribution in [3.63, 3.8) is 0 Å². The first-order chi connectivity index (χ1) is 22.1. The van der Waals surface area contributed by atoms with Gasteiger partial charge in [0.1, 0.15) is 17.3 Å². The second-order valence-corrected chi connectivity index (χ2v) is 12.9. The molecule has 0 radical (unpaired) electrons. The molecule has 3 aromatic carbocycles. The fourth-order valence-electron chi connectivity index (χ4n) is 6.00. The van der Waals surface area contributed by atoms with Crippen LogP contribution in [-0.2, 0) is 25.6 Å². The molecule has 4 aromatic rings. The normalized spacial score (nSPS) is 22.1. The molecule has 1 amide bonds. The van der Waals surface area contributed by atoms with E-state index in [1.54, 1.807) is 6.07 Å². The Balaban J connectivity index is 1.21. The average Bonchev–Trinajstić information content (AvgIpc) is 3.52. The highest BCUT2D eigenvalue weighted by Crippen LogP contribution is 2.39. The van der Waals surface area contributed by atoms with Crippen molar-refractivity contribution in [3.8, 4) is 0 Å². The number of esters is 1. The van der Waals surface area contributed by atoms with Crippen LogP contribution in [0.25, 0.3) is 11.0 Å². The predicted octanol–water partition coefficient (Wildman–Crippen LogP) is 5.73. The number of likely N-dealkylation sites (tertiary alicyclic amines) is 1. The number of fused-ring (bicyclic) bond motifs is 1. The first-order valence-electron chi connectivity index (χ1n) is 15.8. The predicted molar refractivity (Wildman–Crippen MR) is 173 cm³/mol. The zero-order chi connectivity index (χ0) is 32.3. The highest BCUT2D eigenvalue weighted by Gasteiger charge is 2.39.